The molecule has 0 spiro atoms. The van der Waals surface area contributed by atoms with Crippen LogP contribution in [0.2, 0.25) is 0 Å². The van der Waals surface area contributed by atoms with Gasteiger partial charge in [0.05, 0.1) is 31.3 Å². The number of nitrogens with one attached hydrogen (secondary N) is 2. The van der Waals surface area contributed by atoms with Gasteiger partial charge in [-0.05, 0) is 48.1 Å². The molecule has 3 aromatic heterocycles. The van der Waals surface area contributed by atoms with Crippen molar-refractivity contribution in [1.29, 1.82) is 0 Å². The van der Waals surface area contributed by atoms with Crippen LogP contribution in [0, 0.1) is 4.77 Å². The summed E-state index contributed by atoms with van der Waals surface area (Å²) in [7, 11) is 2.89. The number of nitrogens with zero attached hydrogens (tertiary/aromatic N) is 4. The Morgan fingerprint density at radius 3 is 2.69 bits per heavy atom. The number of ether oxygens (including phenoxy) is 2. The molecule has 162 valence electrons. The average Bonchev–Trinajstić information content (AvgIpc) is 2.82. The molecule has 0 aliphatic heterocycles. The quantitative estimate of drug-likeness (QED) is 0.429. The van der Waals surface area contributed by atoms with Gasteiger partial charge < -0.3 is 19.8 Å². The molecule has 10 nitrogen and oxygen atoms in total. The molecule has 0 saturated carbocycles. The maximum absolute atomic E-state index is 13.1. The number of amides is 1. The van der Waals surface area contributed by atoms with E-state index in [9.17, 15) is 9.59 Å². The fourth-order valence-electron chi connectivity index (χ4n) is 3.07. The average molecular weight is 450 g/mol. The Morgan fingerprint density at radius 1 is 1.19 bits per heavy atom. The number of pyridine rings is 1. The molecule has 2 N–H and O–H groups in total. The molecule has 0 unspecified atom stereocenters. The highest BCUT2D eigenvalue weighted by Crippen LogP contribution is 2.23. The summed E-state index contributed by atoms with van der Waals surface area (Å²) in [4.78, 5) is 40.9. The summed E-state index contributed by atoms with van der Waals surface area (Å²) >= 11 is 5.36. The monoisotopic (exact) mass is 450 g/mol. The van der Waals surface area contributed by atoms with Crippen LogP contribution in [0.4, 0.5) is 0 Å². The van der Waals surface area contributed by atoms with Crippen molar-refractivity contribution in [2.24, 2.45) is 0 Å². The zero-order chi connectivity index (χ0) is 22.7. The van der Waals surface area contributed by atoms with Gasteiger partial charge in [-0.15, -0.1) is 0 Å². The van der Waals surface area contributed by atoms with Crippen LogP contribution in [-0.2, 0) is 6.54 Å². The zero-order valence-corrected chi connectivity index (χ0v) is 18.0. The summed E-state index contributed by atoms with van der Waals surface area (Å²) in [5.74, 6) is 0.243. The molecule has 1 amide bonds. The van der Waals surface area contributed by atoms with Gasteiger partial charge in [-0.3, -0.25) is 14.6 Å². The highest BCUT2D eigenvalue weighted by atomic mass is 32.1. The van der Waals surface area contributed by atoms with Crippen molar-refractivity contribution in [3.05, 3.63) is 75.2 Å². The van der Waals surface area contributed by atoms with Crippen molar-refractivity contribution >= 4 is 29.0 Å². The van der Waals surface area contributed by atoms with Crippen molar-refractivity contribution in [3.63, 3.8) is 0 Å². The first-order chi connectivity index (χ1) is 15.5. The molecule has 1 aromatic carbocycles. The predicted molar refractivity (Wildman–Crippen MR) is 119 cm³/mol. The first-order valence-corrected chi connectivity index (χ1v) is 9.84. The summed E-state index contributed by atoms with van der Waals surface area (Å²) in [6, 6.07) is 8.34. The molecule has 4 rings (SSSR count). The summed E-state index contributed by atoms with van der Waals surface area (Å²) < 4.78 is 11.5. The molecule has 0 aliphatic rings. The number of aromatic nitrogens is 5. The number of hydrogen-bond acceptors (Lipinski definition) is 8. The minimum absolute atomic E-state index is 0.0370. The number of hydrogen-bond donors (Lipinski definition) is 2. The normalized spacial score (nSPS) is 10.7. The lowest BCUT2D eigenvalue weighted by atomic mass is 10.1. The van der Waals surface area contributed by atoms with Crippen LogP contribution in [-0.4, -0.2) is 44.6 Å². The van der Waals surface area contributed by atoms with E-state index >= 15 is 0 Å². The van der Waals surface area contributed by atoms with Gasteiger partial charge in [0.1, 0.15) is 0 Å². The zero-order valence-electron chi connectivity index (χ0n) is 17.2. The third-order valence-electron chi connectivity index (χ3n) is 4.69. The van der Waals surface area contributed by atoms with Crippen LogP contribution in [0.5, 0.6) is 11.6 Å². The Bertz CT molecular complexity index is 1420. The molecule has 4 aromatic rings. The van der Waals surface area contributed by atoms with Gasteiger partial charge in [0.15, 0.2) is 10.5 Å². The number of carbonyl (C=O) groups excluding carboxylic acids is 1. The molecule has 32 heavy (non-hydrogen) atoms. The van der Waals surface area contributed by atoms with E-state index in [1.165, 1.54) is 20.4 Å². The second-order valence-electron chi connectivity index (χ2n) is 6.62. The van der Waals surface area contributed by atoms with Gasteiger partial charge in [-0.1, -0.05) is 0 Å². The minimum Gasteiger partial charge on any atom is -0.490 e. The Balaban J connectivity index is 1.69. The Morgan fingerprint density at radius 2 is 1.97 bits per heavy atom. The van der Waals surface area contributed by atoms with E-state index in [0.717, 1.165) is 10.1 Å². The topological polar surface area (TPSA) is 124 Å². The van der Waals surface area contributed by atoms with E-state index < -0.39 is 5.56 Å². The molecule has 0 atom stereocenters. The van der Waals surface area contributed by atoms with Crippen molar-refractivity contribution in [1.82, 2.24) is 29.8 Å². The number of benzene rings is 1. The lowest BCUT2D eigenvalue weighted by molar-refractivity contribution is 0.0951. The molecule has 0 fully saturated rings. The van der Waals surface area contributed by atoms with Crippen LogP contribution in [0.25, 0.3) is 16.9 Å². The molecule has 0 aliphatic carbocycles. The number of fused-ring (bicyclic) bond motifs is 1. The molecule has 0 saturated heterocycles. The summed E-state index contributed by atoms with van der Waals surface area (Å²) in [5, 5.41) is 3.16. The van der Waals surface area contributed by atoms with Gasteiger partial charge in [0.2, 0.25) is 5.95 Å². The smallest absolute Gasteiger partial charge is 0.269 e. The summed E-state index contributed by atoms with van der Waals surface area (Å²) in [5.41, 5.74) is 1.30. The minimum atomic E-state index is -0.431. The standard InChI is InChI=1S/C21H18N6O4S/c1-30-16-11-24-20(26-18(16)31-2)27-19(29)14-4-3-13(9-15(14)25-21(27)32)17(28)23-10-12-5-7-22-8-6-12/h3-9,11H,10H2,1-2H3,(H,23,28)(H,25,32). The van der Waals surface area contributed by atoms with E-state index in [2.05, 4.69) is 25.3 Å². The third-order valence-corrected chi connectivity index (χ3v) is 4.97. The fourth-order valence-corrected chi connectivity index (χ4v) is 3.34. The van der Waals surface area contributed by atoms with Gasteiger partial charge in [0.25, 0.3) is 17.3 Å². The number of aromatic amines is 1. The van der Waals surface area contributed by atoms with Crippen molar-refractivity contribution in [2.45, 2.75) is 6.54 Å². The maximum atomic E-state index is 13.1. The Labute approximate surface area is 186 Å². The summed E-state index contributed by atoms with van der Waals surface area (Å²) in [6.07, 6.45) is 4.71. The molecular weight excluding hydrogens is 432 g/mol. The van der Waals surface area contributed by atoms with Crippen molar-refractivity contribution in [3.8, 4) is 17.6 Å². The number of carbonyl (C=O) groups is 1. The van der Waals surface area contributed by atoms with Crippen LogP contribution in [0.15, 0.2) is 53.7 Å². The highest BCUT2D eigenvalue weighted by molar-refractivity contribution is 7.71. The fraction of sp³-hybridized carbons (Fsp3) is 0.143. The Kier molecular flexibility index (Phi) is 5.90. The number of methoxy groups -OCH3 is 2. The largest absolute Gasteiger partial charge is 0.490 e. The molecule has 0 bridgehead atoms. The lowest BCUT2D eigenvalue weighted by Gasteiger charge is -2.10. The van der Waals surface area contributed by atoms with E-state index in [1.807, 2.05) is 12.1 Å². The Hall–Kier alpha value is -4.12. The van der Waals surface area contributed by atoms with E-state index in [0.29, 0.717) is 28.8 Å². The van der Waals surface area contributed by atoms with Crippen LogP contribution in [0.1, 0.15) is 15.9 Å². The predicted octanol–water partition coefficient (Wildman–Crippen LogP) is 2.18. The molecule has 3 heterocycles. The van der Waals surface area contributed by atoms with E-state index in [4.69, 9.17) is 21.7 Å². The highest BCUT2D eigenvalue weighted by Gasteiger charge is 2.15. The SMILES string of the molecule is COc1cnc(-n2c(=S)[nH]c3cc(C(=O)NCc4ccncc4)ccc3c2=O)nc1OC. The lowest BCUT2D eigenvalue weighted by Crippen LogP contribution is -2.24. The molecular formula is C21H18N6O4S. The van der Waals surface area contributed by atoms with Crippen molar-refractivity contribution in [2.75, 3.05) is 14.2 Å². The van der Waals surface area contributed by atoms with Gasteiger partial charge in [-0.25, -0.2) is 9.55 Å². The van der Waals surface area contributed by atoms with Crippen molar-refractivity contribution < 1.29 is 14.3 Å². The first-order valence-electron chi connectivity index (χ1n) is 9.43. The van der Waals surface area contributed by atoms with E-state index in [1.54, 1.807) is 30.6 Å². The summed E-state index contributed by atoms with van der Waals surface area (Å²) in [6.45, 7) is 0.355. The second kappa shape index (κ2) is 8.94. The van der Waals surface area contributed by atoms with Crippen LogP contribution < -0.4 is 20.3 Å². The number of H-pyrrole nitrogens is 1. The van der Waals surface area contributed by atoms with Gasteiger partial charge >= 0.3 is 0 Å². The van der Waals surface area contributed by atoms with E-state index in [-0.39, 0.29) is 22.5 Å². The molecule has 11 heteroatoms. The van der Waals surface area contributed by atoms with Gasteiger partial charge in [-0.2, -0.15) is 4.98 Å². The van der Waals surface area contributed by atoms with Crippen LogP contribution >= 0.6 is 12.2 Å². The maximum Gasteiger partial charge on any atom is 0.269 e. The molecule has 0 radical (unpaired) electrons. The number of rotatable bonds is 6. The van der Waals surface area contributed by atoms with Crippen LogP contribution in [0.3, 0.4) is 0 Å². The first kappa shape index (κ1) is 21.1. The second-order valence-corrected chi connectivity index (χ2v) is 7.00. The third kappa shape index (κ3) is 4.05. The van der Waals surface area contributed by atoms with Gasteiger partial charge in [0, 0.05) is 24.5 Å².